The van der Waals surface area contributed by atoms with E-state index < -0.39 is 5.85 Å². The number of nitrogens with two attached hydrogens (primary N) is 1. The van der Waals surface area contributed by atoms with Gasteiger partial charge in [0.05, 0.1) is 6.61 Å². The van der Waals surface area contributed by atoms with Crippen molar-refractivity contribution in [1.29, 1.82) is 0 Å². The summed E-state index contributed by atoms with van der Waals surface area (Å²) in [7, 11) is 0. The molecule has 1 atom stereocenters. The van der Waals surface area contributed by atoms with Crippen molar-refractivity contribution >= 4 is 0 Å². The van der Waals surface area contributed by atoms with Gasteiger partial charge in [0.1, 0.15) is 0 Å². The zero-order valence-electron chi connectivity index (χ0n) is 6.79. The second kappa shape index (κ2) is 2.86. The quantitative estimate of drug-likeness (QED) is 0.630. The molecule has 3 heteroatoms. The van der Waals surface area contributed by atoms with E-state index in [9.17, 15) is 0 Å². The van der Waals surface area contributed by atoms with E-state index in [0.29, 0.717) is 6.61 Å². The Bertz CT molecular complexity index is 254. The van der Waals surface area contributed by atoms with Crippen molar-refractivity contribution < 1.29 is 4.74 Å². The van der Waals surface area contributed by atoms with E-state index in [-0.39, 0.29) is 0 Å². The second-order valence-corrected chi connectivity index (χ2v) is 2.88. The molecule has 1 aliphatic heterocycles. The molecule has 1 unspecified atom stereocenters. The number of ether oxygens (including phenoxy) is 1. The lowest BCUT2D eigenvalue weighted by Crippen LogP contribution is -2.46. The van der Waals surface area contributed by atoms with Crippen molar-refractivity contribution in [3.8, 4) is 0 Å². The zero-order valence-corrected chi connectivity index (χ0v) is 6.79. The molecule has 0 aromatic heterocycles. The maximum absolute atomic E-state index is 5.95. The Kier molecular flexibility index (Phi) is 1.84. The van der Waals surface area contributed by atoms with Gasteiger partial charge in [-0.05, 0) is 0 Å². The first kappa shape index (κ1) is 7.73. The predicted molar refractivity (Wildman–Crippen MR) is 46.3 cm³/mol. The Morgan fingerprint density at radius 1 is 1.33 bits per heavy atom. The summed E-state index contributed by atoms with van der Waals surface area (Å²) in [5, 5.41) is 3.10. The summed E-state index contributed by atoms with van der Waals surface area (Å²) >= 11 is 0. The average molecular weight is 164 g/mol. The smallest absolute Gasteiger partial charge is 0.199 e. The van der Waals surface area contributed by atoms with E-state index in [1.54, 1.807) is 0 Å². The number of hydrogen-bond acceptors (Lipinski definition) is 3. The molecule has 0 bridgehead atoms. The molecular weight excluding hydrogens is 152 g/mol. The Labute approximate surface area is 71.5 Å². The van der Waals surface area contributed by atoms with Crippen LogP contribution in [0.3, 0.4) is 0 Å². The van der Waals surface area contributed by atoms with Crippen LogP contribution < -0.4 is 11.1 Å². The summed E-state index contributed by atoms with van der Waals surface area (Å²) in [6.45, 7) is 1.48. The highest BCUT2D eigenvalue weighted by molar-refractivity contribution is 5.21. The molecule has 1 aliphatic rings. The largest absolute Gasteiger partial charge is 0.342 e. The fourth-order valence-corrected chi connectivity index (χ4v) is 1.37. The molecule has 0 radical (unpaired) electrons. The molecule has 0 spiro atoms. The molecule has 0 amide bonds. The van der Waals surface area contributed by atoms with Crippen molar-refractivity contribution in [3.63, 3.8) is 0 Å². The summed E-state index contributed by atoms with van der Waals surface area (Å²) < 4.78 is 5.39. The summed E-state index contributed by atoms with van der Waals surface area (Å²) in [6, 6.07) is 9.78. The third-order valence-electron chi connectivity index (χ3n) is 2.02. The van der Waals surface area contributed by atoms with Crippen LogP contribution in [0.15, 0.2) is 30.3 Å². The van der Waals surface area contributed by atoms with Crippen LogP contribution in [0.4, 0.5) is 0 Å². The van der Waals surface area contributed by atoms with E-state index in [1.807, 2.05) is 30.3 Å². The first-order valence-electron chi connectivity index (χ1n) is 4.05. The van der Waals surface area contributed by atoms with E-state index in [0.717, 1.165) is 12.1 Å². The monoisotopic (exact) mass is 164 g/mol. The zero-order chi connectivity index (χ0) is 8.44. The normalized spacial score (nSPS) is 29.1. The van der Waals surface area contributed by atoms with E-state index in [2.05, 4.69) is 5.32 Å². The van der Waals surface area contributed by atoms with E-state index in [4.69, 9.17) is 10.5 Å². The average Bonchev–Trinajstić information content (AvgIpc) is 2.55. The third-order valence-corrected chi connectivity index (χ3v) is 2.02. The highest BCUT2D eigenvalue weighted by atomic mass is 16.5. The van der Waals surface area contributed by atoms with Crippen LogP contribution in [-0.4, -0.2) is 13.2 Å². The molecule has 12 heavy (non-hydrogen) atoms. The van der Waals surface area contributed by atoms with Crippen LogP contribution in [0.2, 0.25) is 0 Å². The lowest BCUT2D eigenvalue weighted by atomic mass is 10.1. The maximum atomic E-state index is 5.95. The lowest BCUT2D eigenvalue weighted by Gasteiger charge is -2.23. The van der Waals surface area contributed by atoms with Gasteiger partial charge in [-0.25, -0.2) is 0 Å². The Hall–Kier alpha value is -0.900. The van der Waals surface area contributed by atoms with Gasteiger partial charge in [0.2, 0.25) is 0 Å². The van der Waals surface area contributed by atoms with Gasteiger partial charge in [0.25, 0.3) is 0 Å². The van der Waals surface area contributed by atoms with Crippen LogP contribution in [0, 0.1) is 0 Å². The molecule has 2 rings (SSSR count). The summed E-state index contributed by atoms with van der Waals surface area (Å²) in [6.07, 6.45) is 0. The number of rotatable bonds is 1. The van der Waals surface area contributed by atoms with Crippen molar-refractivity contribution in [1.82, 2.24) is 5.32 Å². The standard InChI is InChI=1S/C9H12N2O/c10-9(11-6-7-12-9)8-4-2-1-3-5-8/h1-5,11H,6-7,10H2. The molecule has 0 aliphatic carbocycles. The van der Waals surface area contributed by atoms with Gasteiger partial charge in [0, 0.05) is 12.1 Å². The van der Waals surface area contributed by atoms with Gasteiger partial charge in [-0.3, -0.25) is 11.1 Å². The summed E-state index contributed by atoms with van der Waals surface area (Å²) in [5.41, 5.74) is 6.92. The van der Waals surface area contributed by atoms with Crippen molar-refractivity contribution in [2.24, 2.45) is 5.73 Å². The van der Waals surface area contributed by atoms with Crippen LogP contribution >= 0.6 is 0 Å². The topological polar surface area (TPSA) is 47.3 Å². The fourth-order valence-electron chi connectivity index (χ4n) is 1.37. The minimum atomic E-state index is -0.763. The van der Waals surface area contributed by atoms with Gasteiger partial charge < -0.3 is 4.74 Å². The van der Waals surface area contributed by atoms with Crippen molar-refractivity contribution in [2.75, 3.05) is 13.2 Å². The first-order valence-corrected chi connectivity index (χ1v) is 4.05. The fraction of sp³-hybridized carbons (Fsp3) is 0.333. The number of hydrogen-bond donors (Lipinski definition) is 2. The first-order chi connectivity index (χ1) is 5.81. The van der Waals surface area contributed by atoms with Gasteiger partial charge in [0.15, 0.2) is 5.85 Å². The van der Waals surface area contributed by atoms with Gasteiger partial charge in [-0.2, -0.15) is 0 Å². The predicted octanol–water partition coefficient (Wildman–Crippen LogP) is 0.375. The number of nitrogens with one attached hydrogen (secondary N) is 1. The minimum Gasteiger partial charge on any atom is -0.342 e. The van der Waals surface area contributed by atoms with Crippen LogP contribution in [0.1, 0.15) is 5.56 Å². The third kappa shape index (κ3) is 1.22. The van der Waals surface area contributed by atoms with Gasteiger partial charge in [-0.1, -0.05) is 30.3 Å². The molecule has 3 nitrogen and oxygen atoms in total. The Morgan fingerprint density at radius 3 is 2.67 bits per heavy atom. The molecule has 1 saturated heterocycles. The van der Waals surface area contributed by atoms with Crippen molar-refractivity contribution in [2.45, 2.75) is 5.85 Å². The maximum Gasteiger partial charge on any atom is 0.199 e. The SMILES string of the molecule is NC1(c2ccccc2)NCCO1. The van der Waals surface area contributed by atoms with Crippen LogP contribution in [-0.2, 0) is 10.6 Å². The Morgan fingerprint density at radius 2 is 2.08 bits per heavy atom. The molecular formula is C9H12N2O. The van der Waals surface area contributed by atoms with Crippen LogP contribution in [0.25, 0.3) is 0 Å². The van der Waals surface area contributed by atoms with E-state index in [1.165, 1.54) is 0 Å². The Balaban J connectivity index is 2.29. The highest BCUT2D eigenvalue weighted by Gasteiger charge is 2.31. The molecule has 0 saturated carbocycles. The molecule has 1 aromatic carbocycles. The lowest BCUT2D eigenvalue weighted by molar-refractivity contribution is -0.00900. The molecule has 1 fully saturated rings. The van der Waals surface area contributed by atoms with E-state index >= 15 is 0 Å². The van der Waals surface area contributed by atoms with Crippen LogP contribution in [0.5, 0.6) is 0 Å². The second-order valence-electron chi connectivity index (χ2n) is 2.88. The molecule has 1 heterocycles. The summed E-state index contributed by atoms with van der Waals surface area (Å²) in [4.78, 5) is 0. The van der Waals surface area contributed by atoms with Crippen molar-refractivity contribution in [3.05, 3.63) is 35.9 Å². The molecule has 64 valence electrons. The number of benzene rings is 1. The molecule has 3 N–H and O–H groups in total. The van der Waals surface area contributed by atoms with Gasteiger partial charge >= 0.3 is 0 Å². The van der Waals surface area contributed by atoms with Gasteiger partial charge in [-0.15, -0.1) is 0 Å². The highest BCUT2D eigenvalue weighted by Crippen LogP contribution is 2.19. The minimum absolute atomic E-state index is 0.672. The summed E-state index contributed by atoms with van der Waals surface area (Å²) in [5.74, 6) is -0.763. The molecule has 1 aromatic rings.